The van der Waals surface area contributed by atoms with Crippen molar-refractivity contribution >= 4 is 64.9 Å². The van der Waals surface area contributed by atoms with Gasteiger partial charge in [-0.25, -0.2) is 0 Å². The molecule has 0 saturated carbocycles. The third-order valence-corrected chi connectivity index (χ3v) is 3.72. The van der Waals surface area contributed by atoms with Crippen molar-refractivity contribution in [2.75, 3.05) is 0 Å². The molecule has 0 aliphatic rings. The van der Waals surface area contributed by atoms with Crippen LogP contribution in [0.25, 0.3) is 0 Å². The van der Waals surface area contributed by atoms with E-state index >= 15 is 0 Å². The predicted octanol–water partition coefficient (Wildman–Crippen LogP) is 3.81. The van der Waals surface area contributed by atoms with E-state index in [0.29, 0.717) is 0 Å². The molecule has 0 saturated heterocycles. The third kappa shape index (κ3) is 2.37. The van der Waals surface area contributed by atoms with Crippen molar-refractivity contribution in [2.45, 2.75) is 3.74 Å². The highest BCUT2D eigenvalue weighted by Crippen LogP contribution is 2.27. The van der Waals surface area contributed by atoms with Gasteiger partial charge in [0.05, 0.1) is 4.88 Å². The third-order valence-electron chi connectivity index (χ3n) is 1.04. The Morgan fingerprint density at radius 3 is 2.55 bits per heavy atom. The summed E-state index contributed by atoms with van der Waals surface area (Å²) in [7, 11) is 0. The number of carbonyl (C=O) groups excluding carboxylic acids is 1. The lowest BCUT2D eigenvalue weighted by Gasteiger charge is -1.97. The molecule has 0 atom stereocenters. The summed E-state index contributed by atoms with van der Waals surface area (Å²) in [5, 5.41) is 1.87. The first-order chi connectivity index (χ1) is 5.13. The summed E-state index contributed by atoms with van der Waals surface area (Å²) in [6, 6.07) is 1.86. The largest absolute Gasteiger partial charge is 0.291 e. The first-order valence-electron chi connectivity index (χ1n) is 2.68. The minimum Gasteiger partial charge on any atom is -0.291 e. The van der Waals surface area contributed by atoms with E-state index < -0.39 is 0 Å². The molecule has 0 spiro atoms. The van der Waals surface area contributed by atoms with E-state index in [1.54, 1.807) is 0 Å². The molecule has 1 aromatic heterocycles. The van der Waals surface area contributed by atoms with Crippen LogP contribution < -0.4 is 0 Å². The maximum Gasteiger partial charge on any atom is 0.198 e. The zero-order chi connectivity index (χ0) is 8.43. The lowest BCUT2D eigenvalue weighted by atomic mass is 10.4. The fourth-order valence-electron chi connectivity index (χ4n) is 0.569. The zero-order valence-electron chi connectivity index (χ0n) is 5.18. The fourth-order valence-corrected chi connectivity index (χ4v) is 2.87. The molecule has 1 nitrogen and oxygen atoms in total. The van der Waals surface area contributed by atoms with E-state index in [2.05, 4.69) is 47.8 Å². The number of ketones is 1. The van der Waals surface area contributed by atoms with Crippen molar-refractivity contribution in [1.29, 1.82) is 0 Å². The Morgan fingerprint density at radius 2 is 2.18 bits per heavy atom. The Kier molecular flexibility index (Phi) is 3.74. The highest BCUT2D eigenvalue weighted by atomic mass is 79.9. The summed E-state index contributed by atoms with van der Waals surface area (Å²) in [4.78, 5) is 12.1. The summed E-state index contributed by atoms with van der Waals surface area (Å²) in [5.74, 6) is 0.0480. The van der Waals surface area contributed by atoms with Crippen molar-refractivity contribution in [2.24, 2.45) is 0 Å². The van der Waals surface area contributed by atoms with E-state index in [9.17, 15) is 4.79 Å². The van der Waals surface area contributed by atoms with E-state index in [1.165, 1.54) is 11.3 Å². The summed E-state index contributed by atoms with van der Waals surface area (Å²) < 4.78 is 0.571. The Labute approximate surface area is 93.6 Å². The van der Waals surface area contributed by atoms with Crippen LogP contribution in [0.4, 0.5) is 0 Å². The second kappa shape index (κ2) is 4.16. The summed E-state index contributed by atoms with van der Waals surface area (Å²) in [5.41, 5.74) is 0. The SMILES string of the molecule is O=C(c1sccc1Br)C(Br)Br. The molecule has 0 aromatic carbocycles. The predicted molar refractivity (Wildman–Crippen MR) is 58.0 cm³/mol. The number of rotatable bonds is 2. The van der Waals surface area contributed by atoms with Crippen molar-refractivity contribution in [3.63, 3.8) is 0 Å². The Bertz CT molecular complexity index is 269. The van der Waals surface area contributed by atoms with Gasteiger partial charge in [-0.3, -0.25) is 4.79 Å². The standard InChI is InChI=1S/C6H3Br3OS/c7-3-1-2-11-5(3)4(10)6(8)9/h1-2,6H. The minimum absolute atomic E-state index is 0.0480. The molecule has 0 N–H and O–H groups in total. The molecule has 1 aromatic rings. The van der Waals surface area contributed by atoms with Gasteiger partial charge in [-0.15, -0.1) is 11.3 Å². The van der Waals surface area contributed by atoms with Gasteiger partial charge in [-0.2, -0.15) is 0 Å². The normalized spacial score (nSPS) is 10.5. The molecular weight excluding hydrogens is 360 g/mol. The topological polar surface area (TPSA) is 17.1 Å². The quantitative estimate of drug-likeness (QED) is 0.577. The van der Waals surface area contributed by atoms with Crippen LogP contribution in [0.1, 0.15) is 9.67 Å². The Morgan fingerprint density at radius 1 is 1.55 bits per heavy atom. The summed E-state index contributed by atoms with van der Waals surface area (Å²) in [6.07, 6.45) is 0. The highest BCUT2D eigenvalue weighted by Gasteiger charge is 2.17. The fraction of sp³-hybridized carbons (Fsp3) is 0.167. The van der Waals surface area contributed by atoms with Crippen LogP contribution >= 0.6 is 59.1 Å². The van der Waals surface area contributed by atoms with Crippen LogP contribution in [0.3, 0.4) is 0 Å². The number of Topliss-reactive ketones (excluding diaryl/α,β-unsaturated/α-hetero) is 1. The van der Waals surface area contributed by atoms with Crippen LogP contribution in [-0.4, -0.2) is 9.52 Å². The van der Waals surface area contributed by atoms with Crippen LogP contribution in [0, 0.1) is 0 Å². The van der Waals surface area contributed by atoms with E-state index in [1.807, 2.05) is 11.4 Å². The first kappa shape index (κ1) is 9.89. The maximum absolute atomic E-state index is 11.3. The van der Waals surface area contributed by atoms with Crippen LogP contribution in [-0.2, 0) is 0 Å². The lowest BCUT2D eigenvalue weighted by Crippen LogP contribution is -2.04. The molecule has 1 heterocycles. The summed E-state index contributed by atoms with van der Waals surface area (Å²) >= 11 is 11.0. The Hall–Kier alpha value is 0.810. The number of alkyl halides is 2. The van der Waals surface area contributed by atoms with E-state index in [-0.39, 0.29) is 9.52 Å². The molecule has 1 rings (SSSR count). The molecule has 5 heteroatoms. The van der Waals surface area contributed by atoms with Gasteiger partial charge in [0, 0.05) is 4.47 Å². The molecule has 0 unspecified atom stereocenters. The van der Waals surface area contributed by atoms with Gasteiger partial charge in [-0.05, 0) is 27.4 Å². The van der Waals surface area contributed by atoms with Crippen LogP contribution in [0.15, 0.2) is 15.9 Å². The van der Waals surface area contributed by atoms with Crippen molar-refractivity contribution < 1.29 is 4.79 Å². The minimum atomic E-state index is -0.287. The number of hydrogen-bond donors (Lipinski definition) is 0. The Balaban J connectivity index is 2.93. The molecule has 60 valence electrons. The maximum atomic E-state index is 11.3. The highest BCUT2D eigenvalue weighted by molar-refractivity contribution is 9.25. The first-order valence-corrected chi connectivity index (χ1v) is 6.18. The average Bonchev–Trinajstić information content (AvgIpc) is 2.33. The number of hydrogen-bond acceptors (Lipinski definition) is 2. The molecular formula is C6H3Br3OS. The van der Waals surface area contributed by atoms with E-state index in [0.717, 1.165) is 9.35 Å². The van der Waals surface area contributed by atoms with E-state index in [4.69, 9.17) is 0 Å². The number of carbonyl (C=O) groups is 1. The number of halogens is 3. The molecule has 11 heavy (non-hydrogen) atoms. The molecule has 0 fully saturated rings. The molecule has 0 aliphatic carbocycles. The van der Waals surface area contributed by atoms with Gasteiger partial charge in [0.1, 0.15) is 3.74 Å². The van der Waals surface area contributed by atoms with Gasteiger partial charge in [-0.1, -0.05) is 31.9 Å². The second-order valence-electron chi connectivity index (χ2n) is 1.76. The van der Waals surface area contributed by atoms with Crippen molar-refractivity contribution in [1.82, 2.24) is 0 Å². The van der Waals surface area contributed by atoms with Crippen molar-refractivity contribution in [3.05, 3.63) is 20.8 Å². The van der Waals surface area contributed by atoms with Crippen molar-refractivity contribution in [3.8, 4) is 0 Å². The van der Waals surface area contributed by atoms with Gasteiger partial charge >= 0.3 is 0 Å². The van der Waals surface area contributed by atoms with Crippen LogP contribution in [0.2, 0.25) is 0 Å². The molecule has 0 aliphatic heterocycles. The van der Waals surface area contributed by atoms with Gasteiger partial charge < -0.3 is 0 Å². The summed E-state index contributed by atoms with van der Waals surface area (Å²) in [6.45, 7) is 0. The molecule has 0 bridgehead atoms. The lowest BCUT2D eigenvalue weighted by molar-refractivity contribution is 0.102. The van der Waals surface area contributed by atoms with Gasteiger partial charge in [0.25, 0.3) is 0 Å². The van der Waals surface area contributed by atoms with Gasteiger partial charge in [0.2, 0.25) is 0 Å². The molecule has 0 amide bonds. The second-order valence-corrected chi connectivity index (χ2v) is 6.59. The smallest absolute Gasteiger partial charge is 0.198 e. The molecule has 0 radical (unpaired) electrons. The average molecular weight is 363 g/mol. The monoisotopic (exact) mass is 360 g/mol. The van der Waals surface area contributed by atoms with Crippen LogP contribution in [0.5, 0.6) is 0 Å². The zero-order valence-corrected chi connectivity index (χ0v) is 10.8. The number of thiophene rings is 1. The van der Waals surface area contributed by atoms with Gasteiger partial charge in [0.15, 0.2) is 5.78 Å².